The van der Waals surface area contributed by atoms with Crippen molar-refractivity contribution >= 4 is 0 Å². The molecule has 1 aromatic rings. The second-order valence-corrected chi connectivity index (χ2v) is 5.07. The number of rotatable bonds is 3. The van der Waals surface area contributed by atoms with E-state index in [1.54, 1.807) is 0 Å². The molecule has 1 aliphatic carbocycles. The van der Waals surface area contributed by atoms with Gasteiger partial charge in [0.05, 0.1) is 19.3 Å². The molecular formula is C14H18O2. The molecule has 2 aliphatic rings. The van der Waals surface area contributed by atoms with E-state index in [0.29, 0.717) is 6.61 Å². The first-order valence-electron chi connectivity index (χ1n) is 6.20. The molecule has 0 radical (unpaired) electrons. The van der Waals surface area contributed by atoms with Gasteiger partial charge in [-0.25, -0.2) is 0 Å². The van der Waals surface area contributed by atoms with Crippen LogP contribution in [0.4, 0.5) is 0 Å². The van der Waals surface area contributed by atoms with Gasteiger partial charge in [-0.3, -0.25) is 0 Å². The Morgan fingerprint density at radius 2 is 2.06 bits per heavy atom. The average Bonchev–Trinajstić information content (AvgIpc) is 2.69. The minimum absolute atomic E-state index is 0.281. The van der Waals surface area contributed by atoms with Crippen molar-refractivity contribution in [3.63, 3.8) is 0 Å². The zero-order valence-electron chi connectivity index (χ0n) is 9.48. The summed E-state index contributed by atoms with van der Waals surface area (Å²) in [5, 5.41) is 10.1. The Morgan fingerprint density at radius 3 is 2.81 bits per heavy atom. The molecule has 1 saturated carbocycles. The summed E-state index contributed by atoms with van der Waals surface area (Å²) in [6, 6.07) is 6.27. The molecule has 0 spiro atoms. The van der Waals surface area contributed by atoms with Crippen LogP contribution >= 0.6 is 0 Å². The lowest BCUT2D eigenvalue weighted by Gasteiger charge is -2.27. The quantitative estimate of drug-likeness (QED) is 0.845. The lowest BCUT2D eigenvalue weighted by molar-refractivity contribution is 0.118. The molecule has 1 N–H and O–H groups in total. The van der Waals surface area contributed by atoms with Crippen LogP contribution in [0.3, 0.4) is 0 Å². The summed E-state index contributed by atoms with van der Waals surface area (Å²) in [4.78, 5) is 0. The van der Waals surface area contributed by atoms with E-state index in [4.69, 9.17) is 4.74 Å². The predicted molar refractivity (Wildman–Crippen MR) is 61.9 cm³/mol. The highest BCUT2D eigenvalue weighted by Gasteiger charge is 2.22. The van der Waals surface area contributed by atoms with Crippen molar-refractivity contribution < 1.29 is 9.84 Å². The van der Waals surface area contributed by atoms with Crippen molar-refractivity contribution in [3.05, 3.63) is 34.9 Å². The van der Waals surface area contributed by atoms with E-state index < -0.39 is 0 Å². The minimum atomic E-state index is -0.281. The number of fused-ring (bicyclic) bond motifs is 1. The third kappa shape index (κ3) is 1.87. The van der Waals surface area contributed by atoms with Crippen molar-refractivity contribution in [1.82, 2.24) is 0 Å². The molecule has 86 valence electrons. The molecule has 2 heteroatoms. The van der Waals surface area contributed by atoms with Crippen molar-refractivity contribution in [2.75, 3.05) is 0 Å². The van der Waals surface area contributed by atoms with E-state index in [0.717, 1.165) is 24.5 Å². The van der Waals surface area contributed by atoms with Gasteiger partial charge in [0, 0.05) is 0 Å². The van der Waals surface area contributed by atoms with E-state index >= 15 is 0 Å². The van der Waals surface area contributed by atoms with E-state index in [-0.39, 0.29) is 6.10 Å². The number of aliphatic hydroxyl groups excluding tert-OH is 1. The average molecular weight is 218 g/mol. The number of hydrogen-bond acceptors (Lipinski definition) is 2. The molecule has 1 heterocycles. The van der Waals surface area contributed by atoms with Gasteiger partial charge in [-0.1, -0.05) is 37.5 Å². The van der Waals surface area contributed by atoms with Crippen LogP contribution in [-0.4, -0.2) is 5.11 Å². The lowest BCUT2D eigenvalue weighted by atomic mass is 9.80. The van der Waals surface area contributed by atoms with Crippen LogP contribution in [0.2, 0.25) is 0 Å². The third-order valence-corrected chi connectivity index (χ3v) is 3.91. The van der Waals surface area contributed by atoms with E-state index in [2.05, 4.69) is 18.2 Å². The Balaban J connectivity index is 1.72. The van der Waals surface area contributed by atoms with Gasteiger partial charge >= 0.3 is 0 Å². The summed E-state index contributed by atoms with van der Waals surface area (Å²) in [6.07, 6.45) is 4.59. The lowest BCUT2D eigenvalue weighted by Crippen LogP contribution is -2.15. The molecule has 0 saturated heterocycles. The highest BCUT2D eigenvalue weighted by Crippen LogP contribution is 2.35. The van der Waals surface area contributed by atoms with Crippen LogP contribution in [0.25, 0.3) is 0 Å². The molecule has 0 bridgehead atoms. The zero-order valence-corrected chi connectivity index (χ0v) is 9.48. The summed E-state index contributed by atoms with van der Waals surface area (Å²) >= 11 is 0. The number of ether oxygens (including phenoxy) is 1. The molecule has 0 aromatic heterocycles. The van der Waals surface area contributed by atoms with Crippen LogP contribution < -0.4 is 0 Å². The summed E-state index contributed by atoms with van der Waals surface area (Å²) in [5.41, 5.74) is 3.60. The molecular weight excluding hydrogens is 200 g/mol. The highest BCUT2D eigenvalue weighted by molar-refractivity contribution is 5.34. The maximum absolute atomic E-state index is 10.1. The molecule has 1 fully saturated rings. The predicted octanol–water partition coefficient (Wildman–Crippen LogP) is 2.94. The Kier molecular flexibility index (Phi) is 2.70. The topological polar surface area (TPSA) is 29.5 Å². The summed E-state index contributed by atoms with van der Waals surface area (Å²) < 4.78 is 5.38. The Hall–Kier alpha value is -0.860. The van der Waals surface area contributed by atoms with Gasteiger partial charge in [-0.05, 0) is 29.0 Å². The monoisotopic (exact) mass is 218 g/mol. The molecule has 1 aromatic carbocycles. The largest absolute Gasteiger partial charge is 0.388 e. The second kappa shape index (κ2) is 4.19. The Bertz CT molecular complexity index is 382. The first-order valence-corrected chi connectivity index (χ1v) is 6.20. The molecule has 2 nitrogen and oxygen atoms in total. The molecule has 1 aliphatic heterocycles. The maximum Gasteiger partial charge on any atom is 0.0792 e. The van der Waals surface area contributed by atoms with Gasteiger partial charge in [0.15, 0.2) is 0 Å². The fourth-order valence-electron chi connectivity index (χ4n) is 2.58. The third-order valence-electron chi connectivity index (χ3n) is 3.91. The first kappa shape index (κ1) is 10.3. The van der Waals surface area contributed by atoms with E-state index in [9.17, 15) is 5.11 Å². The van der Waals surface area contributed by atoms with Gasteiger partial charge in [0.25, 0.3) is 0 Å². The number of aliphatic hydroxyl groups is 1. The molecule has 1 unspecified atom stereocenters. The fraction of sp³-hybridized carbons (Fsp3) is 0.571. The van der Waals surface area contributed by atoms with Gasteiger partial charge in [-0.15, -0.1) is 0 Å². The van der Waals surface area contributed by atoms with Crippen molar-refractivity contribution in [3.8, 4) is 0 Å². The molecule has 0 amide bonds. The normalized spacial score (nSPS) is 21.6. The summed E-state index contributed by atoms with van der Waals surface area (Å²) in [6.45, 7) is 1.44. The molecule has 3 rings (SSSR count). The molecule has 1 atom stereocenters. The first-order chi connectivity index (χ1) is 7.83. The van der Waals surface area contributed by atoms with Crippen LogP contribution in [0.15, 0.2) is 18.2 Å². The standard InChI is InChI=1S/C14H18O2/c15-14(6-10-2-1-3-10)11-4-5-12-8-16-9-13(12)7-11/h4-5,7,10,14-15H,1-3,6,8-9H2. The van der Waals surface area contributed by atoms with Crippen molar-refractivity contribution in [1.29, 1.82) is 0 Å². The Labute approximate surface area is 96.2 Å². The van der Waals surface area contributed by atoms with Gasteiger partial charge in [-0.2, -0.15) is 0 Å². The molecule has 16 heavy (non-hydrogen) atoms. The van der Waals surface area contributed by atoms with Gasteiger partial charge < -0.3 is 9.84 Å². The van der Waals surface area contributed by atoms with Crippen molar-refractivity contribution in [2.24, 2.45) is 5.92 Å². The summed E-state index contributed by atoms with van der Waals surface area (Å²) in [7, 11) is 0. The minimum Gasteiger partial charge on any atom is -0.388 e. The second-order valence-electron chi connectivity index (χ2n) is 5.07. The van der Waals surface area contributed by atoms with Crippen LogP contribution in [0, 0.1) is 5.92 Å². The Morgan fingerprint density at radius 1 is 1.25 bits per heavy atom. The highest BCUT2D eigenvalue weighted by atomic mass is 16.5. The van der Waals surface area contributed by atoms with Gasteiger partial charge in [0.2, 0.25) is 0 Å². The SMILES string of the molecule is OC(CC1CCC1)c1ccc2c(c1)COC2. The number of hydrogen-bond donors (Lipinski definition) is 1. The van der Waals surface area contributed by atoms with Gasteiger partial charge in [0.1, 0.15) is 0 Å². The van der Waals surface area contributed by atoms with Crippen LogP contribution in [-0.2, 0) is 18.0 Å². The maximum atomic E-state index is 10.1. The van der Waals surface area contributed by atoms with Crippen LogP contribution in [0.1, 0.15) is 48.5 Å². The number of benzene rings is 1. The van der Waals surface area contributed by atoms with Crippen molar-refractivity contribution in [2.45, 2.75) is 45.0 Å². The summed E-state index contributed by atoms with van der Waals surface area (Å²) in [5.74, 6) is 0.750. The van der Waals surface area contributed by atoms with Crippen LogP contribution in [0.5, 0.6) is 0 Å². The fourth-order valence-corrected chi connectivity index (χ4v) is 2.58. The van der Waals surface area contributed by atoms with E-state index in [1.807, 2.05) is 0 Å². The smallest absolute Gasteiger partial charge is 0.0792 e. The zero-order chi connectivity index (χ0) is 11.0. The van der Waals surface area contributed by atoms with E-state index in [1.165, 1.54) is 30.4 Å².